The Labute approximate surface area is 93.9 Å². The highest BCUT2D eigenvalue weighted by Gasteiger charge is 2.22. The molecule has 0 unspecified atom stereocenters. The van der Waals surface area contributed by atoms with Crippen molar-refractivity contribution in [2.45, 2.75) is 45.6 Å². The first-order chi connectivity index (χ1) is 7.27. The van der Waals surface area contributed by atoms with Crippen LogP contribution in [-0.2, 0) is 0 Å². The standard InChI is InChI=1S/C12H16N2S/c1-8-7-15-12-11(8)13-9(2)14(12)10-5-3-4-6-10/h7,10H,3-6H2,1-2H3. The van der Waals surface area contributed by atoms with Crippen LogP contribution in [0.4, 0.5) is 0 Å². The molecule has 1 aliphatic carbocycles. The van der Waals surface area contributed by atoms with E-state index in [1.54, 1.807) is 0 Å². The topological polar surface area (TPSA) is 17.8 Å². The average Bonchev–Trinajstić information content (AvgIpc) is 2.86. The summed E-state index contributed by atoms with van der Waals surface area (Å²) in [6.07, 6.45) is 5.44. The number of aromatic nitrogens is 2. The second-order valence-electron chi connectivity index (χ2n) is 4.54. The van der Waals surface area contributed by atoms with Gasteiger partial charge in [-0.2, -0.15) is 0 Å². The minimum absolute atomic E-state index is 0.716. The number of nitrogens with zero attached hydrogens (tertiary/aromatic N) is 2. The molecule has 0 aliphatic heterocycles. The van der Waals surface area contributed by atoms with Gasteiger partial charge in [-0.25, -0.2) is 4.98 Å². The largest absolute Gasteiger partial charge is 0.317 e. The summed E-state index contributed by atoms with van der Waals surface area (Å²) in [6, 6.07) is 0.716. The number of hydrogen-bond donors (Lipinski definition) is 0. The van der Waals surface area contributed by atoms with E-state index < -0.39 is 0 Å². The highest BCUT2D eigenvalue weighted by Crippen LogP contribution is 2.36. The van der Waals surface area contributed by atoms with Crippen LogP contribution in [0.3, 0.4) is 0 Å². The van der Waals surface area contributed by atoms with Gasteiger partial charge in [0.1, 0.15) is 16.2 Å². The summed E-state index contributed by atoms with van der Waals surface area (Å²) in [4.78, 5) is 6.08. The van der Waals surface area contributed by atoms with Crippen molar-refractivity contribution in [3.05, 3.63) is 16.8 Å². The minimum atomic E-state index is 0.716. The van der Waals surface area contributed by atoms with E-state index in [0.717, 1.165) is 0 Å². The van der Waals surface area contributed by atoms with Crippen molar-refractivity contribution in [3.8, 4) is 0 Å². The Morgan fingerprint density at radius 1 is 1.33 bits per heavy atom. The number of fused-ring (bicyclic) bond motifs is 1. The zero-order valence-electron chi connectivity index (χ0n) is 9.29. The predicted molar refractivity (Wildman–Crippen MR) is 64.6 cm³/mol. The van der Waals surface area contributed by atoms with Crippen LogP contribution in [0.5, 0.6) is 0 Å². The van der Waals surface area contributed by atoms with E-state index in [2.05, 4.69) is 23.8 Å². The van der Waals surface area contributed by atoms with E-state index in [9.17, 15) is 0 Å². The monoisotopic (exact) mass is 220 g/mol. The molecule has 1 saturated carbocycles. The van der Waals surface area contributed by atoms with Gasteiger partial charge in [0.05, 0.1) is 0 Å². The molecular weight excluding hydrogens is 204 g/mol. The third-order valence-corrected chi connectivity index (χ3v) is 4.54. The van der Waals surface area contributed by atoms with Gasteiger partial charge in [0, 0.05) is 6.04 Å². The second kappa shape index (κ2) is 3.34. The van der Waals surface area contributed by atoms with E-state index in [0.29, 0.717) is 6.04 Å². The molecule has 1 fully saturated rings. The zero-order valence-corrected chi connectivity index (χ0v) is 10.1. The summed E-state index contributed by atoms with van der Waals surface area (Å²) in [5.74, 6) is 1.20. The summed E-state index contributed by atoms with van der Waals surface area (Å²) in [6.45, 7) is 4.30. The van der Waals surface area contributed by atoms with Crippen LogP contribution >= 0.6 is 11.3 Å². The first kappa shape index (κ1) is 9.40. The predicted octanol–water partition coefficient (Wildman–Crippen LogP) is 3.83. The van der Waals surface area contributed by atoms with Crippen molar-refractivity contribution < 1.29 is 0 Å². The van der Waals surface area contributed by atoms with Gasteiger partial charge in [0.15, 0.2) is 0 Å². The van der Waals surface area contributed by atoms with Crippen molar-refractivity contribution in [1.82, 2.24) is 9.55 Å². The summed E-state index contributed by atoms with van der Waals surface area (Å²) < 4.78 is 2.47. The van der Waals surface area contributed by atoms with Crippen LogP contribution in [0.2, 0.25) is 0 Å². The number of thiophene rings is 1. The van der Waals surface area contributed by atoms with Gasteiger partial charge in [-0.1, -0.05) is 12.8 Å². The lowest BCUT2D eigenvalue weighted by Gasteiger charge is -2.13. The molecule has 15 heavy (non-hydrogen) atoms. The maximum Gasteiger partial charge on any atom is 0.123 e. The van der Waals surface area contributed by atoms with Gasteiger partial charge in [-0.3, -0.25) is 0 Å². The van der Waals surface area contributed by atoms with Gasteiger partial charge in [0.2, 0.25) is 0 Å². The number of hydrogen-bond acceptors (Lipinski definition) is 2. The van der Waals surface area contributed by atoms with Crippen molar-refractivity contribution >= 4 is 21.7 Å². The van der Waals surface area contributed by atoms with E-state index in [4.69, 9.17) is 4.98 Å². The molecule has 2 aromatic rings. The maximum atomic E-state index is 4.69. The van der Waals surface area contributed by atoms with Gasteiger partial charge in [-0.15, -0.1) is 11.3 Å². The van der Waals surface area contributed by atoms with Crippen molar-refractivity contribution in [2.24, 2.45) is 0 Å². The quantitative estimate of drug-likeness (QED) is 0.714. The van der Waals surface area contributed by atoms with Gasteiger partial charge in [-0.05, 0) is 37.6 Å². The molecule has 2 nitrogen and oxygen atoms in total. The smallest absolute Gasteiger partial charge is 0.123 e. The molecular formula is C12H16N2S. The number of aryl methyl sites for hydroxylation is 2. The summed E-state index contributed by atoms with van der Waals surface area (Å²) in [5.41, 5.74) is 2.55. The van der Waals surface area contributed by atoms with Gasteiger partial charge >= 0.3 is 0 Å². The van der Waals surface area contributed by atoms with E-state index in [1.807, 2.05) is 11.3 Å². The SMILES string of the molecule is Cc1csc2c1nc(C)n2C1CCCC1. The van der Waals surface area contributed by atoms with Gasteiger partial charge in [0.25, 0.3) is 0 Å². The first-order valence-corrected chi connectivity index (χ1v) is 6.58. The van der Waals surface area contributed by atoms with Crippen LogP contribution in [0.25, 0.3) is 10.3 Å². The molecule has 0 radical (unpaired) electrons. The van der Waals surface area contributed by atoms with E-state index in [1.165, 1.54) is 47.4 Å². The molecule has 0 atom stereocenters. The normalized spacial score (nSPS) is 18.0. The molecule has 0 N–H and O–H groups in total. The lowest BCUT2D eigenvalue weighted by Crippen LogP contribution is -2.05. The Bertz CT molecular complexity index is 489. The summed E-state index contributed by atoms with van der Waals surface area (Å²) >= 11 is 1.85. The van der Waals surface area contributed by atoms with E-state index in [-0.39, 0.29) is 0 Å². The lowest BCUT2D eigenvalue weighted by molar-refractivity contribution is 0.522. The fraction of sp³-hybridized carbons (Fsp3) is 0.583. The molecule has 0 bridgehead atoms. The Kier molecular flexibility index (Phi) is 2.09. The molecule has 80 valence electrons. The van der Waals surface area contributed by atoms with Crippen molar-refractivity contribution in [2.75, 3.05) is 0 Å². The third-order valence-electron chi connectivity index (χ3n) is 3.45. The van der Waals surface area contributed by atoms with Gasteiger partial charge < -0.3 is 4.57 Å². The first-order valence-electron chi connectivity index (χ1n) is 5.70. The Morgan fingerprint density at radius 3 is 2.80 bits per heavy atom. The molecule has 1 aliphatic rings. The van der Waals surface area contributed by atoms with Crippen LogP contribution in [0.15, 0.2) is 5.38 Å². The molecule has 2 heterocycles. The highest BCUT2D eigenvalue weighted by molar-refractivity contribution is 7.17. The summed E-state index contributed by atoms with van der Waals surface area (Å²) in [5, 5.41) is 2.22. The molecule has 0 amide bonds. The Hall–Kier alpha value is -0.830. The fourth-order valence-electron chi connectivity index (χ4n) is 2.69. The Balaban J connectivity index is 2.19. The molecule has 3 heteroatoms. The molecule has 0 aromatic carbocycles. The second-order valence-corrected chi connectivity index (χ2v) is 5.40. The third kappa shape index (κ3) is 1.33. The fourth-order valence-corrected chi connectivity index (χ4v) is 3.80. The molecule has 3 rings (SSSR count). The van der Waals surface area contributed by atoms with Crippen molar-refractivity contribution in [3.63, 3.8) is 0 Å². The Morgan fingerprint density at radius 2 is 2.07 bits per heavy atom. The molecule has 0 spiro atoms. The van der Waals surface area contributed by atoms with E-state index >= 15 is 0 Å². The van der Waals surface area contributed by atoms with Crippen LogP contribution in [0.1, 0.15) is 43.1 Å². The van der Waals surface area contributed by atoms with Crippen molar-refractivity contribution in [1.29, 1.82) is 0 Å². The van der Waals surface area contributed by atoms with Crippen LogP contribution in [-0.4, -0.2) is 9.55 Å². The lowest BCUT2D eigenvalue weighted by atomic mass is 10.2. The summed E-state index contributed by atoms with van der Waals surface area (Å²) in [7, 11) is 0. The minimum Gasteiger partial charge on any atom is -0.317 e. The maximum absolute atomic E-state index is 4.69. The van der Waals surface area contributed by atoms with Crippen LogP contribution < -0.4 is 0 Å². The molecule has 2 aromatic heterocycles. The molecule has 0 saturated heterocycles. The van der Waals surface area contributed by atoms with Crippen LogP contribution in [0, 0.1) is 13.8 Å². The number of rotatable bonds is 1. The average molecular weight is 220 g/mol. The number of imidazole rings is 1. The highest BCUT2D eigenvalue weighted by atomic mass is 32.1. The zero-order chi connectivity index (χ0) is 10.4.